The van der Waals surface area contributed by atoms with Crippen LogP contribution in [0.25, 0.3) is 0 Å². The Hall–Kier alpha value is -3.27. The molecular weight excluding hydrogens is 498 g/mol. The zero-order chi connectivity index (χ0) is 26.9. The van der Waals surface area contributed by atoms with Crippen LogP contribution >= 0.6 is 11.8 Å². The van der Waals surface area contributed by atoms with Crippen LogP contribution in [0.5, 0.6) is 5.75 Å². The molecule has 4 rings (SSSR count). The first-order valence-corrected chi connectivity index (χ1v) is 13.8. The third-order valence-electron chi connectivity index (χ3n) is 6.41. The summed E-state index contributed by atoms with van der Waals surface area (Å²) < 4.78 is 5.79. The minimum atomic E-state index is -0.661. The van der Waals surface area contributed by atoms with Crippen molar-refractivity contribution in [2.75, 3.05) is 69.8 Å². The second-order valence-electron chi connectivity index (χ2n) is 9.40. The molecule has 1 fully saturated rings. The van der Waals surface area contributed by atoms with E-state index in [0.717, 1.165) is 48.2 Å². The number of piperazine rings is 1. The van der Waals surface area contributed by atoms with Gasteiger partial charge in [-0.3, -0.25) is 9.69 Å². The number of pyridine rings is 1. The molecule has 38 heavy (non-hydrogen) atoms. The maximum atomic E-state index is 13.0. The third kappa shape index (κ3) is 7.40. The number of aliphatic hydroxyl groups is 1. The Morgan fingerprint density at radius 2 is 1.89 bits per heavy atom. The van der Waals surface area contributed by atoms with Gasteiger partial charge in [0.2, 0.25) is 0 Å². The van der Waals surface area contributed by atoms with Crippen LogP contribution in [-0.4, -0.2) is 87.0 Å². The Balaban J connectivity index is 1.27. The summed E-state index contributed by atoms with van der Waals surface area (Å²) in [6, 6.07) is 19.8. The average Bonchev–Trinajstić information content (AvgIpc) is 2.93. The van der Waals surface area contributed by atoms with E-state index >= 15 is 0 Å². The second kappa shape index (κ2) is 13.5. The number of aliphatic hydroxyl groups excluding tert-OH is 1. The monoisotopic (exact) mass is 535 g/mol. The minimum absolute atomic E-state index is 0.182. The highest BCUT2D eigenvalue weighted by Gasteiger charge is 2.22. The Bertz CT molecular complexity index is 1200. The zero-order valence-corrected chi connectivity index (χ0v) is 23.2. The van der Waals surface area contributed by atoms with Gasteiger partial charge in [0.1, 0.15) is 10.8 Å². The molecular formula is C29H37N5O3S. The molecule has 9 heteroatoms. The molecule has 0 radical (unpaired) electrons. The number of amides is 1. The highest BCUT2D eigenvalue weighted by atomic mass is 32.2. The number of rotatable bonds is 11. The van der Waals surface area contributed by atoms with Crippen LogP contribution in [0, 0.1) is 0 Å². The molecule has 0 bridgehead atoms. The second-order valence-corrected chi connectivity index (χ2v) is 10.5. The van der Waals surface area contributed by atoms with Crippen LogP contribution in [-0.2, 0) is 0 Å². The highest BCUT2D eigenvalue weighted by Crippen LogP contribution is 2.31. The summed E-state index contributed by atoms with van der Waals surface area (Å²) >= 11 is 1.46. The van der Waals surface area contributed by atoms with Crippen molar-refractivity contribution in [2.24, 2.45) is 0 Å². The zero-order valence-electron chi connectivity index (χ0n) is 22.3. The first-order valence-electron chi connectivity index (χ1n) is 13.0. The van der Waals surface area contributed by atoms with E-state index in [9.17, 15) is 9.90 Å². The van der Waals surface area contributed by atoms with E-state index < -0.39 is 6.10 Å². The molecule has 8 nitrogen and oxygen atoms in total. The van der Waals surface area contributed by atoms with Gasteiger partial charge in [0, 0.05) is 70.1 Å². The molecule has 3 aromatic rings. The molecule has 2 N–H and O–H groups in total. The van der Waals surface area contributed by atoms with E-state index in [1.807, 2.05) is 62.3 Å². The van der Waals surface area contributed by atoms with Crippen molar-refractivity contribution < 1.29 is 14.6 Å². The molecule has 1 aliphatic rings. The molecule has 2 aromatic carbocycles. The predicted molar refractivity (Wildman–Crippen MR) is 154 cm³/mol. The maximum absolute atomic E-state index is 13.0. The summed E-state index contributed by atoms with van der Waals surface area (Å²) in [6.45, 7) is 6.70. The van der Waals surface area contributed by atoms with Gasteiger partial charge in [0.25, 0.3) is 5.91 Å². The lowest BCUT2D eigenvalue weighted by Gasteiger charge is -2.37. The van der Waals surface area contributed by atoms with E-state index in [4.69, 9.17) is 4.74 Å². The largest absolute Gasteiger partial charge is 0.492 e. The lowest BCUT2D eigenvalue weighted by atomic mass is 10.2. The van der Waals surface area contributed by atoms with Crippen molar-refractivity contribution in [1.29, 1.82) is 0 Å². The Labute approximate surface area is 229 Å². The van der Waals surface area contributed by atoms with Crippen LogP contribution in [0.2, 0.25) is 0 Å². The fraction of sp³-hybridized carbons (Fsp3) is 0.379. The van der Waals surface area contributed by atoms with Crippen LogP contribution in [0.1, 0.15) is 17.3 Å². The molecule has 2 heterocycles. The number of hydrogen-bond donors (Lipinski definition) is 2. The summed E-state index contributed by atoms with van der Waals surface area (Å²) in [5.41, 5.74) is 2.70. The van der Waals surface area contributed by atoms with Gasteiger partial charge in [0.15, 0.2) is 0 Å². The Kier molecular flexibility index (Phi) is 9.86. The molecule has 1 aliphatic heterocycles. The van der Waals surface area contributed by atoms with Crippen molar-refractivity contribution in [2.45, 2.75) is 22.9 Å². The number of ether oxygens (including phenoxy) is 1. The first-order chi connectivity index (χ1) is 18.4. The molecule has 0 aliphatic carbocycles. The summed E-state index contributed by atoms with van der Waals surface area (Å²) in [4.78, 5) is 25.0. The van der Waals surface area contributed by atoms with Gasteiger partial charge in [0.05, 0.1) is 24.0 Å². The molecule has 1 aromatic heterocycles. The van der Waals surface area contributed by atoms with Crippen LogP contribution in [0.3, 0.4) is 0 Å². The van der Waals surface area contributed by atoms with Crippen LogP contribution in [0.4, 0.5) is 11.4 Å². The Morgan fingerprint density at radius 3 is 2.66 bits per heavy atom. The smallest absolute Gasteiger partial charge is 0.254 e. The number of nitrogens with one attached hydrogen (secondary N) is 1. The first kappa shape index (κ1) is 27.8. The highest BCUT2D eigenvalue weighted by molar-refractivity contribution is 7.99. The van der Waals surface area contributed by atoms with Gasteiger partial charge in [-0.1, -0.05) is 30.0 Å². The topological polar surface area (TPSA) is 81.2 Å². The summed E-state index contributed by atoms with van der Waals surface area (Å²) in [7, 11) is 3.99. The number of nitrogens with zero attached hydrogens (tertiary/aromatic N) is 4. The molecule has 202 valence electrons. The molecule has 1 atom stereocenters. The minimum Gasteiger partial charge on any atom is -0.492 e. The van der Waals surface area contributed by atoms with E-state index in [0.29, 0.717) is 23.7 Å². The van der Waals surface area contributed by atoms with Crippen molar-refractivity contribution in [3.63, 3.8) is 0 Å². The van der Waals surface area contributed by atoms with Gasteiger partial charge >= 0.3 is 0 Å². The number of benzene rings is 2. The van der Waals surface area contributed by atoms with Gasteiger partial charge in [-0.15, -0.1) is 0 Å². The lowest BCUT2D eigenvalue weighted by molar-refractivity contribution is 0.0848. The Morgan fingerprint density at radius 1 is 1.11 bits per heavy atom. The third-order valence-corrected chi connectivity index (χ3v) is 7.42. The summed E-state index contributed by atoms with van der Waals surface area (Å²) in [5.74, 6) is 0.672. The van der Waals surface area contributed by atoms with Gasteiger partial charge in [-0.25, -0.2) is 4.98 Å². The normalized spacial score (nSPS) is 14.7. The maximum Gasteiger partial charge on any atom is 0.254 e. The number of carbonyl (C=O) groups is 1. The molecule has 1 amide bonds. The van der Waals surface area contributed by atoms with Crippen LogP contribution in [0.15, 0.2) is 76.8 Å². The fourth-order valence-electron chi connectivity index (χ4n) is 4.42. The van der Waals surface area contributed by atoms with E-state index in [1.54, 1.807) is 18.3 Å². The van der Waals surface area contributed by atoms with E-state index in [1.165, 1.54) is 11.8 Å². The number of aromatic nitrogens is 1. The number of para-hydroxylation sites is 2. The van der Waals surface area contributed by atoms with E-state index in [-0.39, 0.29) is 12.5 Å². The van der Waals surface area contributed by atoms with Crippen LogP contribution < -0.4 is 19.9 Å². The predicted octanol–water partition coefficient (Wildman–Crippen LogP) is 3.61. The molecule has 0 saturated carbocycles. The number of anilines is 2. The van der Waals surface area contributed by atoms with Crippen molar-refractivity contribution in [1.82, 2.24) is 15.2 Å². The van der Waals surface area contributed by atoms with E-state index in [2.05, 4.69) is 32.2 Å². The quantitative estimate of drug-likeness (QED) is 0.386. The average molecular weight is 536 g/mol. The standard InChI is InChI=1S/C29H37N5O3S/c1-4-37-27-13-6-5-12-26(27)34-17-15-33(16-18-34)21-23(35)20-31-28(36)25-11-8-14-30-29(25)38-24-10-7-9-22(19-24)32(2)3/h5-14,19,23,35H,4,15-18,20-21H2,1-3H3,(H,31,36). The summed E-state index contributed by atoms with van der Waals surface area (Å²) in [5, 5.41) is 14.2. The lowest BCUT2D eigenvalue weighted by Crippen LogP contribution is -2.50. The number of carbonyl (C=O) groups excluding carboxylic acids is 1. The molecule has 0 spiro atoms. The summed E-state index contributed by atoms with van der Waals surface area (Å²) in [6.07, 6.45) is 1.03. The van der Waals surface area contributed by atoms with Gasteiger partial charge in [-0.2, -0.15) is 0 Å². The molecule has 1 unspecified atom stereocenters. The van der Waals surface area contributed by atoms with Crippen molar-refractivity contribution in [3.8, 4) is 5.75 Å². The van der Waals surface area contributed by atoms with Gasteiger partial charge in [-0.05, 0) is 49.4 Å². The SMILES string of the molecule is CCOc1ccccc1N1CCN(CC(O)CNC(=O)c2cccnc2Sc2cccc(N(C)C)c2)CC1. The van der Waals surface area contributed by atoms with Crippen molar-refractivity contribution >= 4 is 29.0 Å². The number of hydrogen-bond acceptors (Lipinski definition) is 8. The fourth-order valence-corrected chi connectivity index (χ4v) is 5.35. The molecule has 1 saturated heterocycles. The number of β-amino-alcohol motifs (C(OH)–C–C–N with tert-alkyl or cyclic N) is 1. The van der Waals surface area contributed by atoms with Gasteiger partial charge < -0.3 is 25.0 Å². The van der Waals surface area contributed by atoms with Crippen molar-refractivity contribution in [3.05, 3.63) is 72.4 Å².